The number of fused-ring (bicyclic) bond motifs is 1. The third-order valence-electron chi connectivity index (χ3n) is 5.98. The van der Waals surface area contributed by atoms with Gasteiger partial charge >= 0.3 is 0 Å². The van der Waals surface area contributed by atoms with Crippen LogP contribution in [0.4, 0.5) is 5.69 Å². The van der Waals surface area contributed by atoms with E-state index >= 15 is 0 Å². The molecule has 5 aromatic rings. The van der Waals surface area contributed by atoms with Gasteiger partial charge in [-0.15, -0.1) is 0 Å². The Morgan fingerprint density at radius 2 is 1.78 bits per heavy atom. The van der Waals surface area contributed by atoms with E-state index in [0.29, 0.717) is 34.2 Å². The molecule has 0 fully saturated rings. The summed E-state index contributed by atoms with van der Waals surface area (Å²) in [5.74, 6) is 0.450. The number of aryl methyl sites for hydroxylation is 1. The first kappa shape index (κ1) is 24.4. The molecule has 0 saturated carbocycles. The molecular weight excluding hydrogens is 484 g/mol. The second-order valence-electron chi connectivity index (χ2n) is 8.60. The van der Waals surface area contributed by atoms with Crippen LogP contribution >= 0.6 is 11.8 Å². The van der Waals surface area contributed by atoms with E-state index in [4.69, 9.17) is 9.72 Å². The number of nitrogens with zero attached hydrogens (tertiary/aromatic N) is 2. The molecule has 0 atom stereocenters. The number of carbonyl (C=O) groups excluding carboxylic acids is 1. The van der Waals surface area contributed by atoms with Gasteiger partial charge in [-0.2, -0.15) is 0 Å². The van der Waals surface area contributed by atoms with Crippen LogP contribution in [0.3, 0.4) is 0 Å². The zero-order valence-corrected chi connectivity index (χ0v) is 21.3. The van der Waals surface area contributed by atoms with Gasteiger partial charge in [0.15, 0.2) is 5.16 Å². The summed E-state index contributed by atoms with van der Waals surface area (Å²) in [5, 5.41) is 3.40. The van der Waals surface area contributed by atoms with Crippen molar-refractivity contribution in [3.05, 3.63) is 107 Å². The fraction of sp³-hybridized carbons (Fsp3) is 0.138. The van der Waals surface area contributed by atoms with Crippen molar-refractivity contribution in [3.8, 4) is 16.9 Å². The molecular formula is C29H26N4O3S. The summed E-state index contributed by atoms with van der Waals surface area (Å²) in [6.45, 7) is 2.30. The van der Waals surface area contributed by atoms with Crippen LogP contribution in [-0.4, -0.2) is 33.3 Å². The van der Waals surface area contributed by atoms with Crippen LogP contribution in [0.15, 0.2) is 95.0 Å². The molecule has 5 rings (SSSR count). The maximum Gasteiger partial charge on any atom is 0.278 e. The van der Waals surface area contributed by atoms with E-state index in [0.717, 1.165) is 22.3 Å². The lowest BCUT2D eigenvalue weighted by molar-refractivity contribution is -0.113. The van der Waals surface area contributed by atoms with Gasteiger partial charge in [0.25, 0.3) is 5.56 Å². The number of aromatic amines is 1. The molecule has 2 N–H and O–H groups in total. The number of ether oxygens (including phenoxy) is 1. The van der Waals surface area contributed by atoms with E-state index in [1.807, 2.05) is 92.0 Å². The first-order valence-electron chi connectivity index (χ1n) is 11.8. The van der Waals surface area contributed by atoms with Crippen molar-refractivity contribution < 1.29 is 9.53 Å². The van der Waals surface area contributed by atoms with Crippen molar-refractivity contribution in [1.82, 2.24) is 14.5 Å². The summed E-state index contributed by atoms with van der Waals surface area (Å²) in [6.07, 6.45) is 1.81. The smallest absolute Gasteiger partial charge is 0.278 e. The lowest BCUT2D eigenvalue weighted by Gasteiger charge is -2.14. The Morgan fingerprint density at radius 3 is 2.51 bits per heavy atom. The summed E-state index contributed by atoms with van der Waals surface area (Å²) < 4.78 is 7.00. The topological polar surface area (TPSA) is 89.0 Å². The summed E-state index contributed by atoms with van der Waals surface area (Å²) >= 11 is 1.23. The Bertz CT molecular complexity index is 1610. The van der Waals surface area contributed by atoms with Gasteiger partial charge in [0, 0.05) is 11.8 Å². The average molecular weight is 511 g/mol. The van der Waals surface area contributed by atoms with E-state index in [2.05, 4.69) is 10.3 Å². The molecule has 0 radical (unpaired) electrons. The van der Waals surface area contributed by atoms with Gasteiger partial charge in [-0.25, -0.2) is 4.98 Å². The summed E-state index contributed by atoms with van der Waals surface area (Å²) in [5.41, 5.74) is 5.23. The molecule has 2 aromatic heterocycles. The van der Waals surface area contributed by atoms with Crippen molar-refractivity contribution in [2.75, 3.05) is 18.2 Å². The van der Waals surface area contributed by atoms with Crippen LogP contribution in [0.5, 0.6) is 5.75 Å². The predicted octanol–water partition coefficient (Wildman–Crippen LogP) is 5.49. The van der Waals surface area contributed by atoms with Crippen LogP contribution in [0.25, 0.3) is 22.2 Å². The molecule has 1 amide bonds. The van der Waals surface area contributed by atoms with Gasteiger partial charge in [0.2, 0.25) is 5.91 Å². The van der Waals surface area contributed by atoms with E-state index in [9.17, 15) is 9.59 Å². The van der Waals surface area contributed by atoms with Crippen LogP contribution < -0.4 is 15.6 Å². The number of carbonyl (C=O) groups is 1. The number of aromatic nitrogens is 3. The zero-order chi connectivity index (χ0) is 25.8. The third kappa shape index (κ3) is 5.29. The monoisotopic (exact) mass is 510 g/mol. The van der Waals surface area contributed by atoms with Gasteiger partial charge in [0.1, 0.15) is 16.8 Å². The van der Waals surface area contributed by atoms with Crippen molar-refractivity contribution in [2.45, 2.75) is 18.6 Å². The van der Waals surface area contributed by atoms with Crippen molar-refractivity contribution in [1.29, 1.82) is 0 Å². The number of amides is 1. The molecule has 0 aliphatic carbocycles. The number of thioether (sulfide) groups is 1. The molecule has 37 heavy (non-hydrogen) atoms. The highest BCUT2D eigenvalue weighted by Gasteiger charge is 2.18. The maximum atomic E-state index is 13.6. The third-order valence-corrected chi connectivity index (χ3v) is 6.96. The summed E-state index contributed by atoms with van der Waals surface area (Å²) in [7, 11) is 1.57. The highest BCUT2D eigenvalue weighted by molar-refractivity contribution is 7.99. The average Bonchev–Trinajstić information content (AvgIpc) is 3.35. The number of benzene rings is 3. The van der Waals surface area contributed by atoms with E-state index < -0.39 is 0 Å². The Morgan fingerprint density at radius 1 is 1.05 bits per heavy atom. The fourth-order valence-electron chi connectivity index (χ4n) is 4.16. The summed E-state index contributed by atoms with van der Waals surface area (Å²) in [4.78, 5) is 34.5. The lowest BCUT2D eigenvalue weighted by Crippen LogP contribution is -2.25. The molecule has 3 aromatic carbocycles. The molecule has 2 heterocycles. The first-order chi connectivity index (χ1) is 18.0. The van der Waals surface area contributed by atoms with E-state index in [-0.39, 0.29) is 17.2 Å². The molecule has 0 bridgehead atoms. The van der Waals surface area contributed by atoms with Crippen molar-refractivity contribution in [3.63, 3.8) is 0 Å². The lowest BCUT2D eigenvalue weighted by atomic mass is 10.1. The highest BCUT2D eigenvalue weighted by Crippen LogP contribution is 2.29. The minimum absolute atomic E-state index is 0.0783. The van der Waals surface area contributed by atoms with E-state index in [1.54, 1.807) is 11.7 Å². The van der Waals surface area contributed by atoms with Gasteiger partial charge in [-0.3, -0.25) is 14.2 Å². The number of hydrogen-bond acceptors (Lipinski definition) is 5. The minimum atomic E-state index is -0.216. The van der Waals surface area contributed by atoms with E-state index in [1.165, 1.54) is 11.8 Å². The van der Waals surface area contributed by atoms with Crippen LogP contribution in [0.1, 0.15) is 11.1 Å². The number of rotatable bonds is 8. The van der Waals surface area contributed by atoms with Gasteiger partial charge < -0.3 is 15.0 Å². The number of hydrogen-bond donors (Lipinski definition) is 2. The Kier molecular flexibility index (Phi) is 7.09. The molecule has 0 spiro atoms. The number of methoxy groups -OCH3 is 1. The van der Waals surface area contributed by atoms with Gasteiger partial charge in [-0.1, -0.05) is 78.5 Å². The Balaban J connectivity index is 1.50. The van der Waals surface area contributed by atoms with Gasteiger partial charge in [0.05, 0.1) is 25.1 Å². The van der Waals surface area contributed by atoms with Crippen LogP contribution in [0.2, 0.25) is 0 Å². The number of nitrogens with one attached hydrogen (secondary N) is 2. The maximum absolute atomic E-state index is 13.6. The van der Waals surface area contributed by atoms with Crippen LogP contribution in [0, 0.1) is 6.92 Å². The molecule has 7 nitrogen and oxygen atoms in total. The normalized spacial score (nSPS) is 11.0. The van der Waals surface area contributed by atoms with Gasteiger partial charge in [-0.05, 0) is 35.7 Å². The quantitative estimate of drug-likeness (QED) is 0.213. The summed E-state index contributed by atoms with van der Waals surface area (Å²) in [6, 6.07) is 25.1. The van der Waals surface area contributed by atoms with Crippen LogP contribution in [-0.2, 0) is 11.3 Å². The SMILES string of the molecule is COc1ccc(C)cc1NC(=O)CSc1nc2c(-c3ccccc3)c[nH]c2c(=O)n1Cc1ccccc1. The zero-order valence-electron chi connectivity index (χ0n) is 20.5. The molecule has 0 unspecified atom stereocenters. The first-order valence-corrected chi connectivity index (χ1v) is 12.8. The minimum Gasteiger partial charge on any atom is -0.495 e. The predicted molar refractivity (Wildman–Crippen MR) is 148 cm³/mol. The van der Waals surface area contributed by atoms with Crippen molar-refractivity contribution in [2.24, 2.45) is 0 Å². The molecule has 8 heteroatoms. The largest absolute Gasteiger partial charge is 0.495 e. The molecule has 0 saturated heterocycles. The number of H-pyrrole nitrogens is 1. The Hall–Kier alpha value is -4.30. The van der Waals surface area contributed by atoms with Crippen molar-refractivity contribution >= 4 is 34.4 Å². The molecule has 0 aliphatic rings. The highest BCUT2D eigenvalue weighted by atomic mass is 32.2. The molecule has 186 valence electrons. The Labute approximate surface area is 218 Å². The second kappa shape index (κ2) is 10.8. The second-order valence-corrected chi connectivity index (χ2v) is 9.55. The molecule has 0 aliphatic heterocycles. The fourth-order valence-corrected chi connectivity index (χ4v) is 4.95. The number of anilines is 1. The standard InChI is InChI=1S/C29H26N4O3S/c1-19-13-14-24(36-2)23(15-19)31-25(34)18-37-29-32-26-22(21-11-7-4-8-12-21)16-30-27(26)28(35)33(29)17-20-9-5-3-6-10-20/h3-16,30H,17-18H2,1-2H3,(H,31,34).